The minimum Gasteiger partial charge on any atom is -0.357 e. The van der Waals surface area contributed by atoms with Crippen LogP contribution in [-0.2, 0) is 15.4 Å². The normalized spacial score (nSPS) is 12.9. The molecule has 1 aromatic rings. The first-order chi connectivity index (χ1) is 12.0. The zero-order valence-electron chi connectivity index (χ0n) is 15.7. The first-order valence-corrected chi connectivity index (χ1v) is 10.7. The van der Waals surface area contributed by atoms with Crippen molar-refractivity contribution in [3.8, 4) is 0 Å². The lowest BCUT2D eigenvalue weighted by Gasteiger charge is -2.25. The van der Waals surface area contributed by atoms with Crippen LogP contribution in [0.2, 0.25) is 5.02 Å². The Hall–Kier alpha value is -1.38. The van der Waals surface area contributed by atoms with Crippen molar-refractivity contribution in [2.24, 2.45) is 4.99 Å². The van der Waals surface area contributed by atoms with E-state index in [4.69, 9.17) is 11.6 Å². The highest BCUT2D eigenvalue weighted by molar-refractivity contribution is 7.88. The van der Waals surface area contributed by atoms with E-state index in [1.165, 1.54) is 12.1 Å². The molecule has 1 aromatic carbocycles. The molecule has 6 nitrogen and oxygen atoms in total. The zero-order chi connectivity index (χ0) is 19.8. The van der Waals surface area contributed by atoms with Gasteiger partial charge in [0.05, 0.1) is 12.8 Å². The SMILES string of the molecule is CCNC(=NCC(C)(C)c1ccc(F)cc1Cl)NCCCNS(C)(=O)=O. The number of aliphatic imine (C=N–C) groups is 1. The fraction of sp³-hybridized carbons (Fsp3) is 0.588. The summed E-state index contributed by atoms with van der Waals surface area (Å²) in [6, 6.07) is 4.38. The third-order valence-electron chi connectivity index (χ3n) is 3.65. The highest BCUT2D eigenvalue weighted by atomic mass is 35.5. The van der Waals surface area contributed by atoms with E-state index in [0.29, 0.717) is 43.6 Å². The minimum absolute atomic E-state index is 0.363. The van der Waals surface area contributed by atoms with Gasteiger partial charge in [-0.1, -0.05) is 31.5 Å². The lowest BCUT2D eigenvalue weighted by Crippen LogP contribution is -2.39. The molecule has 0 heterocycles. The van der Waals surface area contributed by atoms with Gasteiger partial charge in [0.1, 0.15) is 5.82 Å². The van der Waals surface area contributed by atoms with E-state index in [2.05, 4.69) is 20.3 Å². The molecule has 1 rings (SSSR count). The minimum atomic E-state index is -3.17. The van der Waals surface area contributed by atoms with E-state index in [0.717, 1.165) is 11.8 Å². The maximum absolute atomic E-state index is 13.3. The van der Waals surface area contributed by atoms with Gasteiger partial charge in [0, 0.05) is 30.1 Å². The third kappa shape index (κ3) is 8.33. The summed E-state index contributed by atoms with van der Waals surface area (Å²) in [7, 11) is -3.17. The lowest BCUT2D eigenvalue weighted by molar-refractivity contribution is 0.534. The Bertz CT molecular complexity index is 723. The van der Waals surface area contributed by atoms with Crippen molar-refractivity contribution >= 4 is 27.6 Å². The quantitative estimate of drug-likeness (QED) is 0.333. The summed E-state index contributed by atoms with van der Waals surface area (Å²) in [5, 5.41) is 6.69. The zero-order valence-corrected chi connectivity index (χ0v) is 17.3. The Kier molecular flexibility index (Phi) is 8.79. The predicted octanol–water partition coefficient (Wildman–Crippen LogP) is 2.25. The van der Waals surface area contributed by atoms with E-state index >= 15 is 0 Å². The first-order valence-electron chi connectivity index (χ1n) is 8.47. The molecule has 0 radical (unpaired) electrons. The molecule has 0 saturated heterocycles. The average molecular weight is 407 g/mol. The van der Waals surface area contributed by atoms with Gasteiger partial charge in [0.2, 0.25) is 10.0 Å². The Labute approximate surface area is 160 Å². The molecular formula is C17H28ClFN4O2S. The number of nitrogens with zero attached hydrogens (tertiary/aromatic N) is 1. The third-order valence-corrected chi connectivity index (χ3v) is 4.69. The summed E-state index contributed by atoms with van der Waals surface area (Å²) in [5.74, 6) is 0.272. The molecule has 0 atom stereocenters. The molecular weight excluding hydrogens is 379 g/mol. The fourth-order valence-electron chi connectivity index (χ4n) is 2.29. The molecule has 0 amide bonds. The smallest absolute Gasteiger partial charge is 0.208 e. The molecule has 0 aliphatic heterocycles. The Morgan fingerprint density at radius 2 is 1.96 bits per heavy atom. The second-order valence-corrected chi connectivity index (χ2v) is 8.89. The van der Waals surface area contributed by atoms with E-state index in [9.17, 15) is 12.8 Å². The van der Waals surface area contributed by atoms with Crippen LogP contribution in [0.4, 0.5) is 4.39 Å². The standard InChI is InChI=1S/C17H28ClFN4O2S/c1-5-20-16(21-9-6-10-23-26(4,24)25)22-12-17(2,3)14-8-7-13(19)11-15(14)18/h7-8,11,23H,5-6,9-10,12H2,1-4H3,(H2,20,21,22). The van der Waals surface area contributed by atoms with E-state index in [1.54, 1.807) is 6.07 Å². The second kappa shape index (κ2) is 10.1. The van der Waals surface area contributed by atoms with Gasteiger partial charge >= 0.3 is 0 Å². The van der Waals surface area contributed by atoms with Gasteiger partial charge in [-0.05, 0) is 31.0 Å². The topological polar surface area (TPSA) is 82.6 Å². The molecule has 0 aromatic heterocycles. The summed E-state index contributed by atoms with van der Waals surface area (Å²) in [5.41, 5.74) is 0.461. The van der Waals surface area contributed by atoms with Crippen LogP contribution < -0.4 is 15.4 Å². The summed E-state index contributed by atoms with van der Waals surface area (Å²) >= 11 is 6.17. The summed E-state index contributed by atoms with van der Waals surface area (Å²) < 4.78 is 37.7. The summed E-state index contributed by atoms with van der Waals surface area (Å²) in [6.45, 7) is 8.04. The Morgan fingerprint density at radius 1 is 1.27 bits per heavy atom. The highest BCUT2D eigenvalue weighted by Crippen LogP contribution is 2.30. The van der Waals surface area contributed by atoms with Crippen LogP contribution in [0.15, 0.2) is 23.2 Å². The van der Waals surface area contributed by atoms with Crippen molar-refractivity contribution in [1.29, 1.82) is 0 Å². The van der Waals surface area contributed by atoms with E-state index in [1.807, 2.05) is 20.8 Å². The lowest BCUT2D eigenvalue weighted by atomic mass is 9.84. The van der Waals surface area contributed by atoms with Crippen LogP contribution in [0.1, 0.15) is 32.8 Å². The van der Waals surface area contributed by atoms with Gasteiger partial charge < -0.3 is 10.6 Å². The van der Waals surface area contributed by atoms with Gasteiger partial charge in [0.15, 0.2) is 5.96 Å². The van der Waals surface area contributed by atoms with Gasteiger partial charge in [-0.15, -0.1) is 0 Å². The number of sulfonamides is 1. The second-order valence-electron chi connectivity index (χ2n) is 6.65. The Balaban J connectivity index is 2.66. The van der Waals surface area contributed by atoms with Crippen molar-refractivity contribution in [3.05, 3.63) is 34.6 Å². The van der Waals surface area contributed by atoms with Gasteiger partial charge in [-0.25, -0.2) is 17.5 Å². The fourth-order valence-corrected chi connectivity index (χ4v) is 3.23. The molecule has 0 fully saturated rings. The molecule has 0 unspecified atom stereocenters. The first kappa shape index (κ1) is 22.7. The molecule has 0 spiro atoms. The monoisotopic (exact) mass is 406 g/mol. The largest absolute Gasteiger partial charge is 0.357 e. The molecule has 0 aliphatic rings. The van der Waals surface area contributed by atoms with Crippen LogP contribution in [0.5, 0.6) is 0 Å². The molecule has 0 bridgehead atoms. The molecule has 148 valence electrons. The number of hydrogen-bond acceptors (Lipinski definition) is 3. The molecule has 0 aliphatic carbocycles. The Morgan fingerprint density at radius 3 is 2.54 bits per heavy atom. The van der Waals surface area contributed by atoms with E-state index < -0.39 is 10.0 Å². The number of hydrogen-bond donors (Lipinski definition) is 3. The van der Waals surface area contributed by atoms with Crippen molar-refractivity contribution in [2.45, 2.75) is 32.6 Å². The van der Waals surface area contributed by atoms with Crippen molar-refractivity contribution in [3.63, 3.8) is 0 Å². The molecule has 3 N–H and O–H groups in total. The van der Waals surface area contributed by atoms with Crippen LogP contribution in [-0.4, -0.2) is 46.8 Å². The van der Waals surface area contributed by atoms with Gasteiger partial charge in [-0.3, -0.25) is 4.99 Å². The van der Waals surface area contributed by atoms with Crippen molar-refractivity contribution in [1.82, 2.24) is 15.4 Å². The predicted molar refractivity (Wildman–Crippen MR) is 106 cm³/mol. The summed E-state index contributed by atoms with van der Waals surface area (Å²) in [6.07, 6.45) is 1.76. The highest BCUT2D eigenvalue weighted by Gasteiger charge is 2.23. The summed E-state index contributed by atoms with van der Waals surface area (Å²) in [4.78, 5) is 4.57. The van der Waals surface area contributed by atoms with E-state index in [-0.39, 0.29) is 11.2 Å². The average Bonchev–Trinajstić information content (AvgIpc) is 2.50. The van der Waals surface area contributed by atoms with Crippen LogP contribution in [0.3, 0.4) is 0 Å². The number of halogens is 2. The number of rotatable bonds is 9. The number of guanidine groups is 1. The van der Waals surface area contributed by atoms with Gasteiger partial charge in [0.25, 0.3) is 0 Å². The number of nitrogens with one attached hydrogen (secondary N) is 3. The molecule has 0 saturated carbocycles. The van der Waals surface area contributed by atoms with Gasteiger partial charge in [-0.2, -0.15) is 0 Å². The maximum atomic E-state index is 13.3. The van der Waals surface area contributed by atoms with Crippen LogP contribution >= 0.6 is 11.6 Å². The maximum Gasteiger partial charge on any atom is 0.208 e. The van der Waals surface area contributed by atoms with Crippen LogP contribution in [0.25, 0.3) is 0 Å². The van der Waals surface area contributed by atoms with Crippen LogP contribution in [0, 0.1) is 5.82 Å². The van der Waals surface area contributed by atoms with Crippen molar-refractivity contribution in [2.75, 3.05) is 32.4 Å². The molecule has 9 heteroatoms. The van der Waals surface area contributed by atoms with Crippen molar-refractivity contribution < 1.29 is 12.8 Å². The molecule has 26 heavy (non-hydrogen) atoms. The number of benzene rings is 1.